The van der Waals surface area contributed by atoms with Crippen LogP contribution < -0.4 is 9.47 Å². The predicted octanol–water partition coefficient (Wildman–Crippen LogP) is 3.86. The molecule has 0 aliphatic rings. The van der Waals surface area contributed by atoms with E-state index in [9.17, 15) is 9.18 Å². The zero-order valence-electron chi connectivity index (χ0n) is 11.3. The predicted molar refractivity (Wildman–Crippen MR) is 76.9 cm³/mol. The Kier molecular flexibility index (Phi) is 4.33. The van der Waals surface area contributed by atoms with E-state index in [1.165, 1.54) is 14.2 Å². The SMILES string of the molecule is COc1cc(OC)cc(-c2cc(F)c(C(=O)O)cc2Cl)c1. The van der Waals surface area contributed by atoms with Gasteiger partial charge in [0.1, 0.15) is 17.3 Å². The molecule has 2 rings (SSSR count). The molecule has 6 heteroatoms. The Labute approximate surface area is 125 Å². The third kappa shape index (κ3) is 3.08. The Balaban J connectivity index is 2.61. The molecule has 110 valence electrons. The Morgan fingerprint density at radius 3 is 2.14 bits per heavy atom. The second-order valence-corrected chi connectivity index (χ2v) is 4.63. The van der Waals surface area contributed by atoms with E-state index in [-0.39, 0.29) is 5.02 Å². The Morgan fingerprint density at radius 1 is 1.10 bits per heavy atom. The minimum Gasteiger partial charge on any atom is -0.497 e. The molecule has 0 bridgehead atoms. The molecule has 1 N–H and O–H groups in total. The summed E-state index contributed by atoms with van der Waals surface area (Å²) in [4.78, 5) is 10.9. The molecule has 0 aliphatic carbocycles. The van der Waals surface area contributed by atoms with Gasteiger partial charge in [0.25, 0.3) is 0 Å². The lowest BCUT2D eigenvalue weighted by molar-refractivity contribution is 0.0692. The summed E-state index contributed by atoms with van der Waals surface area (Å²) in [5.41, 5.74) is 0.446. The highest BCUT2D eigenvalue weighted by atomic mass is 35.5. The first-order valence-electron chi connectivity index (χ1n) is 5.92. The fourth-order valence-corrected chi connectivity index (χ4v) is 2.17. The third-order valence-corrected chi connectivity index (χ3v) is 3.26. The first kappa shape index (κ1) is 15.1. The molecule has 2 aromatic rings. The Bertz CT molecular complexity index is 678. The van der Waals surface area contributed by atoms with E-state index >= 15 is 0 Å². The molecular weight excluding hydrogens is 299 g/mol. The van der Waals surface area contributed by atoms with Crippen LogP contribution in [0.3, 0.4) is 0 Å². The second-order valence-electron chi connectivity index (χ2n) is 4.22. The van der Waals surface area contributed by atoms with Crippen molar-refractivity contribution in [3.8, 4) is 22.6 Å². The number of carboxylic acids is 1. The first-order chi connectivity index (χ1) is 9.96. The molecule has 0 spiro atoms. The zero-order valence-corrected chi connectivity index (χ0v) is 12.1. The minimum absolute atomic E-state index is 0.129. The Morgan fingerprint density at radius 2 is 1.67 bits per heavy atom. The number of aromatic carboxylic acids is 1. The standard InChI is InChI=1S/C15H12ClFO4/c1-20-9-3-8(4-10(5-9)21-2)11-7-14(17)12(15(18)19)6-13(11)16/h3-7H,1-2H3,(H,18,19). The number of ether oxygens (including phenoxy) is 2. The summed E-state index contributed by atoms with van der Waals surface area (Å²) in [6.07, 6.45) is 0. The van der Waals surface area contributed by atoms with E-state index in [0.29, 0.717) is 22.6 Å². The van der Waals surface area contributed by atoms with E-state index < -0.39 is 17.3 Å². The Hall–Kier alpha value is -2.27. The molecule has 0 amide bonds. The van der Waals surface area contributed by atoms with Crippen LogP contribution in [0.5, 0.6) is 11.5 Å². The summed E-state index contributed by atoms with van der Waals surface area (Å²) in [5.74, 6) is -1.20. The average molecular weight is 311 g/mol. The molecular formula is C15H12ClFO4. The van der Waals surface area contributed by atoms with E-state index in [4.69, 9.17) is 26.2 Å². The summed E-state index contributed by atoms with van der Waals surface area (Å²) in [5, 5.41) is 9.01. The van der Waals surface area contributed by atoms with Gasteiger partial charge in [-0.3, -0.25) is 0 Å². The quantitative estimate of drug-likeness (QED) is 0.931. The van der Waals surface area contributed by atoms with Crippen LogP contribution in [0.4, 0.5) is 4.39 Å². The van der Waals surface area contributed by atoms with Crippen LogP contribution >= 0.6 is 11.6 Å². The van der Waals surface area contributed by atoms with Gasteiger partial charge < -0.3 is 14.6 Å². The van der Waals surface area contributed by atoms with E-state index in [2.05, 4.69) is 0 Å². The highest BCUT2D eigenvalue weighted by Gasteiger charge is 2.16. The molecule has 0 fully saturated rings. The van der Waals surface area contributed by atoms with Crippen LogP contribution in [-0.4, -0.2) is 25.3 Å². The number of benzene rings is 2. The molecule has 4 nitrogen and oxygen atoms in total. The summed E-state index contributed by atoms with van der Waals surface area (Å²) in [6.45, 7) is 0. The monoisotopic (exact) mass is 310 g/mol. The summed E-state index contributed by atoms with van der Waals surface area (Å²) in [7, 11) is 2.99. The van der Waals surface area contributed by atoms with Crippen LogP contribution in [0.2, 0.25) is 5.02 Å². The van der Waals surface area contributed by atoms with Gasteiger partial charge >= 0.3 is 5.97 Å². The third-order valence-electron chi connectivity index (χ3n) is 2.95. The summed E-state index contributed by atoms with van der Waals surface area (Å²) in [6, 6.07) is 7.15. The van der Waals surface area contributed by atoms with Crippen molar-refractivity contribution in [2.45, 2.75) is 0 Å². The van der Waals surface area contributed by atoms with Crippen molar-refractivity contribution >= 4 is 17.6 Å². The maximum absolute atomic E-state index is 13.8. The zero-order chi connectivity index (χ0) is 15.6. The molecule has 0 aliphatic heterocycles. The molecule has 2 aromatic carbocycles. The normalized spacial score (nSPS) is 10.3. The number of hydrogen-bond donors (Lipinski definition) is 1. The number of rotatable bonds is 4. The lowest BCUT2D eigenvalue weighted by Gasteiger charge is -2.11. The van der Waals surface area contributed by atoms with Gasteiger partial charge in [0, 0.05) is 16.7 Å². The molecule has 0 radical (unpaired) electrons. The number of methoxy groups -OCH3 is 2. The molecule has 0 saturated heterocycles. The van der Waals surface area contributed by atoms with Crippen molar-refractivity contribution in [3.05, 3.63) is 46.7 Å². The molecule has 0 atom stereocenters. The average Bonchev–Trinajstić information content (AvgIpc) is 2.48. The largest absolute Gasteiger partial charge is 0.497 e. The molecule has 0 saturated carbocycles. The minimum atomic E-state index is -1.37. The van der Waals surface area contributed by atoms with Crippen LogP contribution in [0, 0.1) is 5.82 Å². The van der Waals surface area contributed by atoms with E-state index in [1.807, 2.05) is 0 Å². The van der Waals surface area contributed by atoms with Crippen LogP contribution in [-0.2, 0) is 0 Å². The van der Waals surface area contributed by atoms with Gasteiger partial charge in [-0.2, -0.15) is 0 Å². The molecule has 0 heterocycles. The van der Waals surface area contributed by atoms with Crippen LogP contribution in [0.15, 0.2) is 30.3 Å². The van der Waals surface area contributed by atoms with Crippen molar-refractivity contribution in [2.24, 2.45) is 0 Å². The van der Waals surface area contributed by atoms with Gasteiger partial charge in [0.05, 0.1) is 19.8 Å². The molecule has 0 unspecified atom stereocenters. The van der Waals surface area contributed by atoms with Crippen molar-refractivity contribution in [1.82, 2.24) is 0 Å². The van der Waals surface area contributed by atoms with Crippen molar-refractivity contribution in [3.63, 3.8) is 0 Å². The fourth-order valence-electron chi connectivity index (χ4n) is 1.89. The van der Waals surface area contributed by atoms with Crippen LogP contribution in [0.1, 0.15) is 10.4 Å². The maximum atomic E-state index is 13.8. The van der Waals surface area contributed by atoms with Gasteiger partial charge in [0.2, 0.25) is 0 Å². The smallest absolute Gasteiger partial charge is 0.338 e. The van der Waals surface area contributed by atoms with Crippen molar-refractivity contribution in [1.29, 1.82) is 0 Å². The van der Waals surface area contributed by atoms with E-state index in [0.717, 1.165) is 12.1 Å². The van der Waals surface area contributed by atoms with Gasteiger partial charge in [-0.05, 0) is 29.8 Å². The van der Waals surface area contributed by atoms with Crippen molar-refractivity contribution < 1.29 is 23.8 Å². The second kappa shape index (κ2) is 6.01. The highest BCUT2D eigenvalue weighted by Crippen LogP contribution is 2.35. The van der Waals surface area contributed by atoms with Gasteiger partial charge in [0.15, 0.2) is 0 Å². The van der Waals surface area contributed by atoms with Gasteiger partial charge in [-0.1, -0.05) is 11.6 Å². The van der Waals surface area contributed by atoms with Gasteiger partial charge in [-0.25, -0.2) is 9.18 Å². The highest BCUT2D eigenvalue weighted by molar-refractivity contribution is 6.33. The van der Waals surface area contributed by atoms with E-state index in [1.54, 1.807) is 18.2 Å². The van der Waals surface area contributed by atoms with Crippen molar-refractivity contribution in [2.75, 3.05) is 14.2 Å². The topological polar surface area (TPSA) is 55.8 Å². The van der Waals surface area contributed by atoms with Crippen LogP contribution in [0.25, 0.3) is 11.1 Å². The summed E-state index contributed by atoms with van der Waals surface area (Å²) < 4.78 is 24.1. The summed E-state index contributed by atoms with van der Waals surface area (Å²) >= 11 is 6.06. The number of halogens is 2. The molecule has 21 heavy (non-hydrogen) atoms. The number of carboxylic acid groups (broad SMARTS) is 1. The number of carbonyl (C=O) groups is 1. The number of hydrogen-bond acceptors (Lipinski definition) is 3. The molecule has 0 aromatic heterocycles. The lowest BCUT2D eigenvalue weighted by Crippen LogP contribution is -2.01. The fraction of sp³-hybridized carbons (Fsp3) is 0.133. The van der Waals surface area contributed by atoms with Gasteiger partial charge in [-0.15, -0.1) is 0 Å². The first-order valence-corrected chi connectivity index (χ1v) is 6.30. The maximum Gasteiger partial charge on any atom is 0.338 e. The lowest BCUT2D eigenvalue weighted by atomic mass is 10.0.